The molecule has 2 aromatic heterocycles. The van der Waals surface area contributed by atoms with Crippen LogP contribution in [0, 0.1) is 0 Å². The topological polar surface area (TPSA) is 21.7 Å². The maximum absolute atomic E-state index is 6.20. The van der Waals surface area contributed by atoms with Crippen molar-refractivity contribution in [2.45, 2.75) is 77.6 Å². The minimum atomic E-state index is -0.0992. The maximum atomic E-state index is 6.20. The summed E-state index contributed by atoms with van der Waals surface area (Å²) in [6, 6.07) is 43.8. The van der Waals surface area contributed by atoms with E-state index in [0.29, 0.717) is 13.2 Å². The monoisotopic (exact) mass is 861 g/mol. The zero-order valence-corrected chi connectivity index (χ0v) is 37.1. The third-order valence-corrected chi connectivity index (χ3v) is 15.9. The van der Waals surface area contributed by atoms with Crippen molar-refractivity contribution in [2.75, 3.05) is 18.1 Å². The molecule has 10 rings (SSSR count). The number of unbranched alkanes of at least 4 members (excludes halogenated alkanes) is 3. The molecule has 3 nitrogen and oxygen atoms in total. The Labute approximate surface area is 359 Å². The molecule has 5 aromatic carbocycles. The van der Waals surface area contributed by atoms with Gasteiger partial charge in [-0.05, 0) is 127 Å². The number of anilines is 3. The van der Waals surface area contributed by atoms with Crippen LogP contribution in [0.2, 0.25) is 0 Å². The number of hydrogen-bond donors (Lipinski definition) is 0. The Morgan fingerprint density at radius 2 is 1.12 bits per heavy atom. The molecule has 0 N–H and O–H groups in total. The number of benzene rings is 5. The number of thiophene rings is 2. The number of aryl methyl sites for hydroxylation is 1. The van der Waals surface area contributed by atoms with Gasteiger partial charge in [-0.2, -0.15) is 0 Å². The van der Waals surface area contributed by atoms with Crippen molar-refractivity contribution < 1.29 is 9.47 Å². The largest absolute Gasteiger partial charge is 0.485 e. The molecular formula is C52H48BrNO2S2. The average Bonchev–Trinajstić information content (AvgIpc) is 3.95. The summed E-state index contributed by atoms with van der Waals surface area (Å²) in [6.45, 7) is 12.9. The van der Waals surface area contributed by atoms with Crippen LogP contribution < -0.4 is 14.4 Å². The molecule has 3 heterocycles. The third-order valence-electron chi connectivity index (χ3n) is 12.7. The Hall–Kier alpha value is -4.62. The highest BCUT2D eigenvalue weighted by molar-refractivity contribution is 9.11. The molecule has 58 heavy (non-hydrogen) atoms. The summed E-state index contributed by atoms with van der Waals surface area (Å²) in [7, 11) is 0. The maximum Gasteiger partial charge on any atom is 0.187 e. The molecule has 0 saturated carbocycles. The summed E-state index contributed by atoms with van der Waals surface area (Å²) in [4.78, 5) is 6.21. The Morgan fingerprint density at radius 1 is 0.569 bits per heavy atom. The molecule has 0 bridgehead atoms. The van der Waals surface area contributed by atoms with E-state index in [1.165, 1.54) is 102 Å². The van der Waals surface area contributed by atoms with Gasteiger partial charge in [0.05, 0.1) is 4.88 Å². The van der Waals surface area contributed by atoms with Crippen LogP contribution in [0.25, 0.3) is 42.4 Å². The number of halogens is 1. The molecule has 6 heteroatoms. The fourth-order valence-electron chi connectivity index (χ4n) is 9.66. The highest BCUT2D eigenvalue weighted by atomic mass is 79.9. The van der Waals surface area contributed by atoms with Crippen LogP contribution in [-0.4, -0.2) is 13.2 Å². The first-order chi connectivity index (χ1) is 28.1. The van der Waals surface area contributed by atoms with Gasteiger partial charge in [0.15, 0.2) is 11.5 Å². The van der Waals surface area contributed by atoms with Crippen LogP contribution in [0.4, 0.5) is 17.1 Å². The van der Waals surface area contributed by atoms with Gasteiger partial charge in [-0.25, -0.2) is 0 Å². The second kappa shape index (κ2) is 14.6. The number of ether oxygens (including phenoxy) is 2. The average molecular weight is 863 g/mol. The van der Waals surface area contributed by atoms with Gasteiger partial charge in [0.25, 0.3) is 0 Å². The van der Waals surface area contributed by atoms with E-state index in [1.54, 1.807) is 11.3 Å². The van der Waals surface area contributed by atoms with Crippen molar-refractivity contribution in [3.63, 3.8) is 0 Å². The lowest BCUT2D eigenvalue weighted by atomic mass is 9.82. The third kappa shape index (κ3) is 6.09. The molecule has 0 saturated heterocycles. The second-order valence-corrected chi connectivity index (χ2v) is 20.4. The van der Waals surface area contributed by atoms with E-state index in [-0.39, 0.29) is 10.8 Å². The highest BCUT2D eigenvalue weighted by Gasteiger charge is 2.38. The number of rotatable bonds is 10. The summed E-state index contributed by atoms with van der Waals surface area (Å²) < 4.78 is 13.2. The predicted octanol–water partition coefficient (Wildman–Crippen LogP) is 15.9. The van der Waals surface area contributed by atoms with Crippen molar-refractivity contribution in [3.05, 3.63) is 147 Å². The Morgan fingerprint density at radius 3 is 1.72 bits per heavy atom. The van der Waals surface area contributed by atoms with E-state index in [0.717, 1.165) is 32.3 Å². The summed E-state index contributed by atoms with van der Waals surface area (Å²) in [5, 5.41) is 0. The molecule has 3 aliphatic rings. The summed E-state index contributed by atoms with van der Waals surface area (Å²) in [5.41, 5.74) is 16.9. The molecule has 0 amide bonds. The molecule has 0 fully saturated rings. The standard InChI is InChI=1S/C52H48BrNO2S2/c1-6-7-8-9-14-33-29-45(49-46-47(50(53)58-49)56-28-27-55-46)57-48(33)32-19-21-34(22-20-32)54(35-23-25-39-37-15-10-12-17-41(37)51(2,3)43(39)30-35)36-24-26-40-38-16-11-13-18-42(38)52(4,5)44(40)31-36/h10-13,15-26,29-31H,6-9,14,27-28H2,1-5H3. The molecule has 0 spiro atoms. The van der Waals surface area contributed by atoms with Gasteiger partial charge in [0.1, 0.15) is 17.0 Å². The molecule has 0 radical (unpaired) electrons. The van der Waals surface area contributed by atoms with Gasteiger partial charge >= 0.3 is 0 Å². The van der Waals surface area contributed by atoms with E-state index in [9.17, 15) is 0 Å². The minimum absolute atomic E-state index is 0.0992. The lowest BCUT2D eigenvalue weighted by Crippen LogP contribution is -2.18. The molecule has 0 unspecified atom stereocenters. The van der Waals surface area contributed by atoms with Crippen LogP contribution >= 0.6 is 38.6 Å². The van der Waals surface area contributed by atoms with E-state index in [2.05, 4.69) is 171 Å². The second-order valence-electron chi connectivity index (χ2n) is 17.0. The molecule has 292 valence electrons. The Bertz CT molecular complexity index is 2590. The van der Waals surface area contributed by atoms with Crippen molar-refractivity contribution in [1.29, 1.82) is 0 Å². The van der Waals surface area contributed by atoms with Crippen LogP contribution in [0.15, 0.2) is 119 Å². The molecule has 2 aliphatic carbocycles. The van der Waals surface area contributed by atoms with Crippen LogP contribution in [0.3, 0.4) is 0 Å². The Kier molecular flexibility index (Phi) is 9.46. The number of nitrogens with zero attached hydrogens (tertiary/aromatic N) is 1. The van der Waals surface area contributed by atoms with Crippen molar-refractivity contribution >= 4 is 55.7 Å². The van der Waals surface area contributed by atoms with E-state index in [4.69, 9.17) is 9.47 Å². The van der Waals surface area contributed by atoms with Crippen LogP contribution in [-0.2, 0) is 17.3 Å². The van der Waals surface area contributed by atoms with Crippen LogP contribution in [0.5, 0.6) is 11.5 Å². The summed E-state index contributed by atoms with van der Waals surface area (Å²) in [6.07, 6.45) is 6.00. The fraction of sp³-hybridized carbons (Fsp3) is 0.269. The SMILES string of the molecule is CCCCCCc1cc(-c2sc(Br)c3c2OCCO3)sc1-c1ccc(N(c2ccc3c(c2)C(C)(C)c2ccccc2-3)c2ccc3c(c2)C(C)(C)c2ccccc2-3)cc1. The predicted molar refractivity (Wildman–Crippen MR) is 249 cm³/mol. The molecule has 7 aromatic rings. The summed E-state index contributed by atoms with van der Waals surface area (Å²) in [5.74, 6) is 1.72. The quantitative estimate of drug-likeness (QED) is 0.128. The zero-order chi connectivity index (χ0) is 39.8. The van der Waals surface area contributed by atoms with Gasteiger partial charge in [-0.3, -0.25) is 0 Å². The van der Waals surface area contributed by atoms with Crippen LogP contribution in [0.1, 0.15) is 88.1 Å². The lowest BCUT2D eigenvalue weighted by molar-refractivity contribution is 0.173. The van der Waals surface area contributed by atoms with E-state index >= 15 is 0 Å². The van der Waals surface area contributed by atoms with Gasteiger partial charge in [-0.15, -0.1) is 22.7 Å². The van der Waals surface area contributed by atoms with E-state index < -0.39 is 0 Å². The minimum Gasteiger partial charge on any atom is -0.485 e. The smallest absolute Gasteiger partial charge is 0.187 e. The first kappa shape index (κ1) is 37.6. The molecule has 0 atom stereocenters. The highest BCUT2D eigenvalue weighted by Crippen LogP contribution is 2.56. The number of hydrogen-bond acceptors (Lipinski definition) is 5. The lowest BCUT2D eigenvalue weighted by Gasteiger charge is -2.30. The summed E-state index contributed by atoms with van der Waals surface area (Å²) >= 11 is 7.35. The first-order valence-electron chi connectivity index (χ1n) is 20.8. The van der Waals surface area contributed by atoms with Crippen molar-refractivity contribution in [3.8, 4) is 53.9 Å². The normalized spacial score (nSPS) is 15.1. The van der Waals surface area contributed by atoms with Gasteiger partial charge in [0, 0.05) is 37.6 Å². The zero-order valence-electron chi connectivity index (χ0n) is 33.9. The Balaban J connectivity index is 1.08. The number of fused-ring (bicyclic) bond motifs is 7. The van der Waals surface area contributed by atoms with Crippen molar-refractivity contribution in [1.82, 2.24) is 0 Å². The first-order valence-corrected chi connectivity index (χ1v) is 23.2. The van der Waals surface area contributed by atoms with Gasteiger partial charge < -0.3 is 14.4 Å². The van der Waals surface area contributed by atoms with Gasteiger partial charge in [0.2, 0.25) is 0 Å². The van der Waals surface area contributed by atoms with E-state index in [1.807, 2.05) is 11.3 Å². The molecule has 1 aliphatic heterocycles. The van der Waals surface area contributed by atoms with Gasteiger partial charge in [-0.1, -0.05) is 127 Å². The fourth-order valence-corrected chi connectivity index (χ4v) is 12.7. The molecular weight excluding hydrogens is 815 g/mol. The van der Waals surface area contributed by atoms with Crippen molar-refractivity contribution in [2.24, 2.45) is 0 Å².